The largest absolute Gasteiger partial charge is 0.396 e. The topological polar surface area (TPSA) is 74.6 Å². The SMILES string of the molecule is Cc1c(N)cnn1C1CC(c2ncnn2C)C1. The predicted octanol–water partition coefficient (Wildman–Crippen LogP) is 1.02. The minimum atomic E-state index is 0.453. The minimum absolute atomic E-state index is 0.453. The van der Waals surface area contributed by atoms with Gasteiger partial charge in [0.15, 0.2) is 0 Å². The fourth-order valence-electron chi connectivity index (χ4n) is 2.48. The number of nitrogens with two attached hydrogens (primary N) is 1. The molecule has 0 atom stereocenters. The van der Waals surface area contributed by atoms with Gasteiger partial charge in [-0.05, 0) is 19.8 Å². The highest BCUT2D eigenvalue weighted by Crippen LogP contribution is 2.44. The standard InChI is InChI=1S/C11H16N6/c1-7-10(12)5-14-17(7)9-3-8(4-9)11-13-6-15-16(11)2/h5-6,8-9H,3-4,12H2,1-2H3. The molecule has 17 heavy (non-hydrogen) atoms. The first-order valence-electron chi connectivity index (χ1n) is 5.80. The summed E-state index contributed by atoms with van der Waals surface area (Å²) in [6.45, 7) is 2.01. The molecule has 6 heteroatoms. The number of rotatable bonds is 2. The third-order valence-electron chi connectivity index (χ3n) is 3.65. The molecule has 1 saturated carbocycles. The molecule has 0 amide bonds. The summed E-state index contributed by atoms with van der Waals surface area (Å²) in [5.74, 6) is 1.57. The van der Waals surface area contributed by atoms with Crippen LogP contribution < -0.4 is 5.73 Å². The molecule has 3 rings (SSSR count). The van der Waals surface area contributed by atoms with E-state index in [0.29, 0.717) is 12.0 Å². The lowest BCUT2D eigenvalue weighted by Crippen LogP contribution is -2.28. The molecule has 2 aromatic rings. The number of anilines is 1. The van der Waals surface area contributed by atoms with Gasteiger partial charge >= 0.3 is 0 Å². The molecule has 6 nitrogen and oxygen atoms in total. The lowest BCUT2D eigenvalue weighted by atomic mass is 9.79. The zero-order valence-electron chi connectivity index (χ0n) is 10.0. The maximum atomic E-state index is 5.80. The van der Waals surface area contributed by atoms with E-state index >= 15 is 0 Å². The highest BCUT2D eigenvalue weighted by molar-refractivity contribution is 5.40. The van der Waals surface area contributed by atoms with Gasteiger partial charge in [-0.25, -0.2) is 4.98 Å². The first kappa shape index (κ1) is 10.3. The van der Waals surface area contributed by atoms with Crippen molar-refractivity contribution in [1.29, 1.82) is 0 Å². The fraction of sp³-hybridized carbons (Fsp3) is 0.545. The second-order valence-electron chi connectivity index (χ2n) is 4.69. The van der Waals surface area contributed by atoms with Gasteiger partial charge < -0.3 is 5.73 Å². The Labute approximate surface area is 99.4 Å². The van der Waals surface area contributed by atoms with Crippen LogP contribution in [0.15, 0.2) is 12.5 Å². The average molecular weight is 232 g/mol. The predicted molar refractivity (Wildman–Crippen MR) is 63.4 cm³/mol. The van der Waals surface area contributed by atoms with E-state index < -0.39 is 0 Å². The van der Waals surface area contributed by atoms with Crippen molar-refractivity contribution >= 4 is 5.69 Å². The third kappa shape index (κ3) is 1.51. The summed E-state index contributed by atoms with van der Waals surface area (Å²) < 4.78 is 3.88. The van der Waals surface area contributed by atoms with Crippen LogP contribution in [-0.4, -0.2) is 24.5 Å². The van der Waals surface area contributed by atoms with Crippen molar-refractivity contribution < 1.29 is 0 Å². The number of hydrogen-bond donors (Lipinski definition) is 1. The molecule has 0 aromatic carbocycles. The molecular weight excluding hydrogens is 216 g/mol. The smallest absolute Gasteiger partial charge is 0.138 e. The molecule has 0 unspecified atom stereocenters. The van der Waals surface area contributed by atoms with Gasteiger partial charge in [0.05, 0.1) is 23.6 Å². The van der Waals surface area contributed by atoms with Crippen molar-refractivity contribution in [2.24, 2.45) is 7.05 Å². The van der Waals surface area contributed by atoms with E-state index in [1.165, 1.54) is 0 Å². The Morgan fingerprint density at radius 3 is 2.65 bits per heavy atom. The van der Waals surface area contributed by atoms with Crippen LogP contribution in [0.2, 0.25) is 0 Å². The van der Waals surface area contributed by atoms with E-state index in [9.17, 15) is 0 Å². The summed E-state index contributed by atoms with van der Waals surface area (Å²) in [7, 11) is 1.94. The van der Waals surface area contributed by atoms with E-state index in [2.05, 4.69) is 15.2 Å². The number of aromatic nitrogens is 5. The van der Waals surface area contributed by atoms with Crippen LogP contribution >= 0.6 is 0 Å². The highest BCUT2D eigenvalue weighted by atomic mass is 15.3. The van der Waals surface area contributed by atoms with Gasteiger partial charge in [-0.1, -0.05) is 0 Å². The number of nitrogens with zero attached hydrogens (tertiary/aromatic N) is 5. The lowest BCUT2D eigenvalue weighted by Gasteiger charge is -2.35. The van der Waals surface area contributed by atoms with Crippen LogP contribution in [0.3, 0.4) is 0 Å². The van der Waals surface area contributed by atoms with Gasteiger partial charge in [-0.15, -0.1) is 0 Å². The van der Waals surface area contributed by atoms with Crippen molar-refractivity contribution in [2.75, 3.05) is 5.73 Å². The van der Waals surface area contributed by atoms with Gasteiger partial charge in [0.1, 0.15) is 12.2 Å². The van der Waals surface area contributed by atoms with E-state index in [4.69, 9.17) is 5.73 Å². The Kier molecular flexibility index (Phi) is 2.17. The maximum Gasteiger partial charge on any atom is 0.138 e. The number of hydrogen-bond acceptors (Lipinski definition) is 4. The van der Waals surface area contributed by atoms with Gasteiger partial charge in [-0.2, -0.15) is 10.2 Å². The van der Waals surface area contributed by atoms with Crippen LogP contribution in [0.25, 0.3) is 0 Å². The van der Waals surface area contributed by atoms with Gasteiger partial charge in [0.25, 0.3) is 0 Å². The van der Waals surface area contributed by atoms with Crippen molar-refractivity contribution in [1.82, 2.24) is 24.5 Å². The minimum Gasteiger partial charge on any atom is -0.396 e. The highest BCUT2D eigenvalue weighted by Gasteiger charge is 2.35. The van der Waals surface area contributed by atoms with Crippen LogP contribution in [-0.2, 0) is 7.05 Å². The van der Waals surface area contributed by atoms with E-state index in [1.807, 2.05) is 23.3 Å². The Morgan fingerprint density at radius 1 is 1.35 bits per heavy atom. The van der Waals surface area contributed by atoms with Crippen molar-refractivity contribution in [3.8, 4) is 0 Å². The molecule has 1 aliphatic carbocycles. The first-order valence-corrected chi connectivity index (χ1v) is 5.80. The monoisotopic (exact) mass is 232 g/mol. The zero-order chi connectivity index (χ0) is 12.0. The van der Waals surface area contributed by atoms with Crippen LogP contribution in [0.1, 0.15) is 36.3 Å². The number of nitrogen functional groups attached to an aromatic ring is 1. The normalized spacial score (nSPS) is 23.6. The summed E-state index contributed by atoms with van der Waals surface area (Å²) in [5, 5.41) is 8.43. The zero-order valence-corrected chi connectivity index (χ0v) is 10.0. The van der Waals surface area contributed by atoms with Gasteiger partial charge in [-0.3, -0.25) is 9.36 Å². The quantitative estimate of drug-likeness (QED) is 0.838. The number of aryl methyl sites for hydroxylation is 1. The Hall–Kier alpha value is -1.85. The van der Waals surface area contributed by atoms with E-state index in [0.717, 1.165) is 30.0 Å². The Morgan fingerprint density at radius 2 is 2.12 bits per heavy atom. The Balaban J connectivity index is 1.73. The Bertz CT molecular complexity index is 534. The van der Waals surface area contributed by atoms with E-state index in [1.54, 1.807) is 12.5 Å². The van der Waals surface area contributed by atoms with Gasteiger partial charge in [0.2, 0.25) is 0 Å². The van der Waals surface area contributed by atoms with Crippen LogP contribution in [0, 0.1) is 6.92 Å². The van der Waals surface area contributed by atoms with E-state index in [-0.39, 0.29) is 0 Å². The molecule has 0 saturated heterocycles. The third-order valence-corrected chi connectivity index (χ3v) is 3.65. The molecule has 1 fully saturated rings. The van der Waals surface area contributed by atoms with Crippen LogP contribution in [0.4, 0.5) is 5.69 Å². The molecule has 2 heterocycles. The summed E-state index contributed by atoms with van der Waals surface area (Å²) >= 11 is 0. The van der Waals surface area contributed by atoms with Crippen molar-refractivity contribution in [3.05, 3.63) is 24.0 Å². The molecule has 0 spiro atoms. The second-order valence-corrected chi connectivity index (χ2v) is 4.69. The summed E-state index contributed by atoms with van der Waals surface area (Å²) in [5.41, 5.74) is 7.63. The molecule has 0 aliphatic heterocycles. The molecular formula is C11H16N6. The van der Waals surface area contributed by atoms with Crippen LogP contribution in [0.5, 0.6) is 0 Å². The summed E-state index contributed by atoms with van der Waals surface area (Å²) in [6.07, 6.45) is 5.47. The fourth-order valence-corrected chi connectivity index (χ4v) is 2.48. The molecule has 2 aromatic heterocycles. The molecule has 90 valence electrons. The molecule has 2 N–H and O–H groups in total. The van der Waals surface area contributed by atoms with Crippen molar-refractivity contribution in [2.45, 2.75) is 31.7 Å². The average Bonchev–Trinajstić information content (AvgIpc) is 2.78. The summed E-state index contributed by atoms with van der Waals surface area (Å²) in [6, 6.07) is 0.453. The molecule has 0 radical (unpaired) electrons. The second kappa shape index (κ2) is 3.58. The van der Waals surface area contributed by atoms with Gasteiger partial charge in [0, 0.05) is 13.0 Å². The maximum absolute atomic E-state index is 5.80. The first-order chi connectivity index (χ1) is 8.16. The van der Waals surface area contributed by atoms with Crippen molar-refractivity contribution in [3.63, 3.8) is 0 Å². The molecule has 0 bridgehead atoms. The molecule has 1 aliphatic rings. The summed E-state index contributed by atoms with van der Waals surface area (Å²) in [4.78, 5) is 4.29. The lowest BCUT2D eigenvalue weighted by molar-refractivity contribution is 0.230.